The molecule has 2 aliphatic rings. The first-order valence-electron chi connectivity index (χ1n) is 7.13. The predicted molar refractivity (Wildman–Crippen MR) is 73.1 cm³/mol. The molecule has 104 valence electrons. The summed E-state index contributed by atoms with van der Waals surface area (Å²) in [6.45, 7) is 1.97. The van der Waals surface area contributed by atoms with Gasteiger partial charge in [-0.25, -0.2) is 4.39 Å². The third-order valence-electron chi connectivity index (χ3n) is 4.84. The van der Waals surface area contributed by atoms with Crippen molar-refractivity contribution in [1.82, 2.24) is 5.32 Å². The molecule has 0 bridgehead atoms. The van der Waals surface area contributed by atoms with E-state index in [1.54, 1.807) is 18.2 Å². The van der Waals surface area contributed by atoms with Crippen LogP contribution in [0.5, 0.6) is 0 Å². The number of fused-ring (bicyclic) bond motifs is 1. The summed E-state index contributed by atoms with van der Waals surface area (Å²) in [4.78, 5) is 12.5. The maximum Gasteiger partial charge on any atom is 0.201 e. The van der Waals surface area contributed by atoms with Gasteiger partial charge in [0, 0.05) is 11.3 Å². The molecule has 0 radical (unpaired) electrons. The number of furan rings is 1. The highest BCUT2D eigenvalue weighted by Gasteiger charge is 2.58. The van der Waals surface area contributed by atoms with Crippen molar-refractivity contribution >= 4 is 16.8 Å². The van der Waals surface area contributed by atoms with E-state index in [-0.39, 0.29) is 22.7 Å². The number of hydrogen-bond donors (Lipinski definition) is 1. The van der Waals surface area contributed by atoms with E-state index < -0.39 is 5.82 Å². The van der Waals surface area contributed by atoms with Crippen LogP contribution in [0.1, 0.15) is 29.8 Å². The highest BCUT2D eigenvalue weighted by Crippen LogP contribution is 2.59. The van der Waals surface area contributed by atoms with E-state index in [0.717, 1.165) is 32.4 Å². The van der Waals surface area contributed by atoms with E-state index in [1.165, 1.54) is 6.07 Å². The molecule has 2 heterocycles. The van der Waals surface area contributed by atoms with Crippen LogP contribution in [-0.2, 0) is 0 Å². The van der Waals surface area contributed by atoms with E-state index >= 15 is 0 Å². The van der Waals surface area contributed by atoms with E-state index in [0.29, 0.717) is 11.1 Å². The zero-order chi connectivity index (χ0) is 13.7. The maximum atomic E-state index is 13.6. The average Bonchev–Trinajstić information content (AvgIpc) is 2.96. The largest absolute Gasteiger partial charge is 0.450 e. The number of nitrogens with one attached hydrogen (secondary N) is 1. The van der Waals surface area contributed by atoms with Gasteiger partial charge in [-0.1, -0.05) is 12.1 Å². The Morgan fingerprint density at radius 3 is 2.90 bits per heavy atom. The molecule has 20 heavy (non-hydrogen) atoms. The summed E-state index contributed by atoms with van der Waals surface area (Å²) in [5, 5.41) is 3.98. The second-order valence-corrected chi connectivity index (χ2v) is 6.00. The van der Waals surface area contributed by atoms with Crippen LogP contribution in [0.15, 0.2) is 28.7 Å². The highest BCUT2D eigenvalue weighted by molar-refractivity contribution is 6.01. The van der Waals surface area contributed by atoms with Crippen molar-refractivity contribution < 1.29 is 13.6 Å². The van der Waals surface area contributed by atoms with Gasteiger partial charge in [-0.05, 0) is 49.9 Å². The number of ketones is 1. The number of piperidine rings is 1. The van der Waals surface area contributed by atoms with Crippen molar-refractivity contribution in [3.8, 4) is 0 Å². The fourth-order valence-electron chi connectivity index (χ4n) is 3.52. The molecule has 4 rings (SSSR count). The van der Waals surface area contributed by atoms with Gasteiger partial charge in [-0.3, -0.25) is 4.79 Å². The topological polar surface area (TPSA) is 42.2 Å². The number of carbonyl (C=O) groups is 1. The normalized spacial score (nSPS) is 24.1. The molecule has 2 aromatic rings. The third kappa shape index (κ3) is 1.71. The van der Waals surface area contributed by atoms with Gasteiger partial charge < -0.3 is 9.73 Å². The molecule has 3 nitrogen and oxygen atoms in total. The predicted octanol–water partition coefficient (Wildman–Crippen LogP) is 3.14. The number of halogens is 1. The van der Waals surface area contributed by atoms with Crippen LogP contribution in [0.3, 0.4) is 0 Å². The second kappa shape index (κ2) is 4.16. The van der Waals surface area contributed by atoms with Crippen molar-refractivity contribution in [2.45, 2.75) is 19.3 Å². The summed E-state index contributed by atoms with van der Waals surface area (Å²) in [6, 6.07) is 6.43. The van der Waals surface area contributed by atoms with Gasteiger partial charge >= 0.3 is 0 Å². The average molecular weight is 273 g/mol. The molecule has 1 atom stereocenters. The first-order valence-corrected chi connectivity index (χ1v) is 7.13. The molecular weight excluding hydrogens is 257 g/mol. The molecule has 4 heteroatoms. The summed E-state index contributed by atoms with van der Waals surface area (Å²) in [7, 11) is 0. The molecular formula is C16H16FNO2. The number of hydrogen-bond acceptors (Lipinski definition) is 3. The Bertz CT molecular complexity index is 685. The molecule has 1 saturated heterocycles. The van der Waals surface area contributed by atoms with Gasteiger partial charge in [-0.2, -0.15) is 0 Å². The fraction of sp³-hybridized carbons (Fsp3) is 0.438. The molecule has 1 aliphatic carbocycles. The third-order valence-corrected chi connectivity index (χ3v) is 4.84. The van der Waals surface area contributed by atoms with Crippen molar-refractivity contribution in [2.75, 3.05) is 13.1 Å². The molecule has 1 aromatic heterocycles. The molecule has 2 fully saturated rings. The summed E-state index contributed by atoms with van der Waals surface area (Å²) < 4.78 is 19.1. The van der Waals surface area contributed by atoms with Crippen LogP contribution in [0.2, 0.25) is 0 Å². The van der Waals surface area contributed by atoms with E-state index in [2.05, 4.69) is 5.32 Å². The Morgan fingerprint density at radius 2 is 2.15 bits per heavy atom. The molecule has 1 saturated carbocycles. The summed E-state index contributed by atoms with van der Waals surface area (Å²) in [5.41, 5.74) is 0.371. The van der Waals surface area contributed by atoms with Crippen LogP contribution in [0, 0.1) is 17.2 Å². The number of Topliss-reactive ketones (excluding diaryl/α,β-unsaturated/α-hetero) is 1. The second-order valence-electron chi connectivity index (χ2n) is 6.00. The Morgan fingerprint density at radius 1 is 1.35 bits per heavy atom. The minimum absolute atomic E-state index is 0.0440. The Labute approximate surface area is 116 Å². The standard InChI is InChI=1S/C16H16FNO2/c17-12-3-1-2-10-8-13(20-15(10)12)14(19)11-9-16(11)4-6-18-7-5-16/h1-3,8,11,18H,4-7,9H2. The number of benzene rings is 1. The first-order chi connectivity index (χ1) is 9.70. The van der Waals surface area contributed by atoms with Gasteiger partial charge in [-0.15, -0.1) is 0 Å². The van der Waals surface area contributed by atoms with Crippen molar-refractivity contribution in [1.29, 1.82) is 0 Å². The van der Waals surface area contributed by atoms with Gasteiger partial charge in [0.2, 0.25) is 5.78 Å². The lowest BCUT2D eigenvalue weighted by Gasteiger charge is -2.22. The summed E-state index contributed by atoms with van der Waals surface area (Å²) in [5.74, 6) is 0.00941. The summed E-state index contributed by atoms with van der Waals surface area (Å²) in [6.07, 6.45) is 3.06. The van der Waals surface area contributed by atoms with Gasteiger partial charge in [0.1, 0.15) is 0 Å². The molecule has 0 amide bonds. The van der Waals surface area contributed by atoms with Gasteiger partial charge in [0.05, 0.1) is 0 Å². The lowest BCUT2D eigenvalue weighted by Crippen LogP contribution is -2.30. The SMILES string of the molecule is O=C(c1cc2cccc(F)c2o1)C1CC12CCNCC2. The Kier molecular flexibility index (Phi) is 2.51. The monoisotopic (exact) mass is 273 g/mol. The Balaban J connectivity index is 1.63. The quantitative estimate of drug-likeness (QED) is 0.855. The van der Waals surface area contributed by atoms with Gasteiger partial charge in [0.15, 0.2) is 17.2 Å². The van der Waals surface area contributed by atoms with Crippen LogP contribution in [0.25, 0.3) is 11.0 Å². The fourth-order valence-corrected chi connectivity index (χ4v) is 3.52. The number of rotatable bonds is 2. The maximum absolute atomic E-state index is 13.6. The zero-order valence-electron chi connectivity index (χ0n) is 11.1. The number of carbonyl (C=O) groups excluding carboxylic acids is 1. The smallest absolute Gasteiger partial charge is 0.201 e. The molecule has 1 aliphatic heterocycles. The molecule has 1 N–H and O–H groups in total. The van der Waals surface area contributed by atoms with Crippen molar-refractivity contribution in [2.24, 2.45) is 11.3 Å². The van der Waals surface area contributed by atoms with Crippen molar-refractivity contribution in [3.05, 3.63) is 35.8 Å². The van der Waals surface area contributed by atoms with E-state index in [9.17, 15) is 9.18 Å². The molecule has 1 spiro atoms. The van der Waals surface area contributed by atoms with Crippen LogP contribution < -0.4 is 5.32 Å². The lowest BCUT2D eigenvalue weighted by molar-refractivity contribution is 0.0915. The lowest BCUT2D eigenvalue weighted by atomic mass is 9.90. The van der Waals surface area contributed by atoms with E-state index in [4.69, 9.17) is 4.42 Å². The van der Waals surface area contributed by atoms with Crippen LogP contribution in [0.4, 0.5) is 4.39 Å². The van der Waals surface area contributed by atoms with Crippen molar-refractivity contribution in [3.63, 3.8) is 0 Å². The highest BCUT2D eigenvalue weighted by atomic mass is 19.1. The molecule has 1 unspecified atom stereocenters. The van der Waals surface area contributed by atoms with E-state index in [1.807, 2.05) is 0 Å². The number of para-hydroxylation sites is 1. The zero-order valence-corrected chi connectivity index (χ0v) is 11.1. The van der Waals surface area contributed by atoms with Gasteiger partial charge in [0.25, 0.3) is 0 Å². The first kappa shape index (κ1) is 12.1. The minimum Gasteiger partial charge on any atom is -0.450 e. The Hall–Kier alpha value is -1.68. The minimum atomic E-state index is -0.408. The van der Waals surface area contributed by atoms with Crippen LogP contribution >= 0.6 is 0 Å². The summed E-state index contributed by atoms with van der Waals surface area (Å²) >= 11 is 0. The molecule has 1 aromatic carbocycles. The van der Waals surface area contributed by atoms with Crippen LogP contribution in [-0.4, -0.2) is 18.9 Å².